The molecule has 1 aromatic heterocycles. The number of thiophene rings is 1. The standard InChI is InChI=1S/C18H22OS2/c1-11-6-12(2)15(13(3)7-11)9-16(19)18-8-14-10-20-5-4-17(14)21-18/h6-8,16,19H,4-5,9-10H2,1-3H3. The Kier molecular flexibility index (Phi) is 4.43. The van der Waals surface area contributed by atoms with Gasteiger partial charge in [-0.05, 0) is 61.3 Å². The van der Waals surface area contributed by atoms with Crippen molar-refractivity contribution in [3.63, 3.8) is 0 Å². The van der Waals surface area contributed by atoms with Crippen LogP contribution in [0.25, 0.3) is 0 Å². The van der Waals surface area contributed by atoms with Crippen LogP contribution in [-0.4, -0.2) is 10.9 Å². The van der Waals surface area contributed by atoms with Crippen LogP contribution >= 0.6 is 23.1 Å². The highest BCUT2D eigenvalue weighted by Crippen LogP contribution is 2.36. The van der Waals surface area contributed by atoms with E-state index >= 15 is 0 Å². The third-order valence-corrected chi connectivity index (χ3v) is 6.56. The Bertz CT molecular complexity index is 611. The quantitative estimate of drug-likeness (QED) is 0.882. The Morgan fingerprint density at radius 1 is 1.14 bits per heavy atom. The number of hydrogen-bond acceptors (Lipinski definition) is 3. The lowest BCUT2D eigenvalue weighted by atomic mass is 9.95. The minimum absolute atomic E-state index is 0.370. The highest BCUT2D eigenvalue weighted by molar-refractivity contribution is 7.98. The van der Waals surface area contributed by atoms with E-state index < -0.39 is 0 Å². The monoisotopic (exact) mass is 318 g/mol. The highest BCUT2D eigenvalue weighted by atomic mass is 32.2. The van der Waals surface area contributed by atoms with Crippen LogP contribution in [0.5, 0.6) is 0 Å². The maximum atomic E-state index is 10.6. The summed E-state index contributed by atoms with van der Waals surface area (Å²) in [5, 5.41) is 10.6. The molecule has 1 aromatic carbocycles. The Balaban J connectivity index is 1.83. The predicted octanol–water partition coefficient (Wildman–Crippen LogP) is 4.74. The molecule has 1 aliphatic rings. The molecule has 1 nitrogen and oxygen atoms in total. The van der Waals surface area contributed by atoms with Crippen LogP contribution in [0.3, 0.4) is 0 Å². The van der Waals surface area contributed by atoms with Crippen LogP contribution in [0.2, 0.25) is 0 Å². The van der Waals surface area contributed by atoms with Gasteiger partial charge < -0.3 is 5.11 Å². The zero-order chi connectivity index (χ0) is 15.0. The number of aliphatic hydroxyl groups is 1. The van der Waals surface area contributed by atoms with Crippen molar-refractivity contribution in [1.29, 1.82) is 0 Å². The van der Waals surface area contributed by atoms with Gasteiger partial charge in [-0.25, -0.2) is 0 Å². The van der Waals surface area contributed by atoms with E-state index in [1.807, 2.05) is 23.1 Å². The lowest BCUT2D eigenvalue weighted by molar-refractivity contribution is 0.182. The van der Waals surface area contributed by atoms with Gasteiger partial charge in [0.1, 0.15) is 0 Å². The first-order chi connectivity index (χ1) is 10.0. The molecule has 1 unspecified atom stereocenters. The van der Waals surface area contributed by atoms with Crippen molar-refractivity contribution in [2.24, 2.45) is 0 Å². The fourth-order valence-electron chi connectivity index (χ4n) is 3.16. The molecule has 3 heteroatoms. The van der Waals surface area contributed by atoms with Crippen LogP contribution in [0.1, 0.15) is 43.7 Å². The van der Waals surface area contributed by atoms with Crippen molar-refractivity contribution in [1.82, 2.24) is 0 Å². The van der Waals surface area contributed by atoms with E-state index in [1.165, 1.54) is 44.9 Å². The number of fused-ring (bicyclic) bond motifs is 1. The second-order valence-corrected chi connectivity index (χ2v) is 8.27. The number of hydrogen-bond donors (Lipinski definition) is 1. The molecule has 0 aliphatic carbocycles. The third kappa shape index (κ3) is 3.20. The summed E-state index contributed by atoms with van der Waals surface area (Å²) < 4.78 is 0. The third-order valence-electron chi connectivity index (χ3n) is 4.21. The van der Waals surface area contributed by atoms with Crippen LogP contribution in [0.4, 0.5) is 0 Å². The number of benzene rings is 1. The molecular weight excluding hydrogens is 296 g/mol. The van der Waals surface area contributed by atoms with Crippen LogP contribution in [0.15, 0.2) is 18.2 Å². The summed E-state index contributed by atoms with van der Waals surface area (Å²) in [6, 6.07) is 6.66. The molecule has 1 aliphatic heterocycles. The van der Waals surface area contributed by atoms with Gasteiger partial charge in [-0.3, -0.25) is 0 Å². The van der Waals surface area contributed by atoms with E-state index in [0.717, 1.165) is 17.1 Å². The number of thioether (sulfide) groups is 1. The fourth-order valence-corrected chi connectivity index (χ4v) is 5.52. The molecule has 1 atom stereocenters. The maximum absolute atomic E-state index is 10.6. The molecule has 2 aromatic rings. The van der Waals surface area contributed by atoms with E-state index in [1.54, 1.807) is 0 Å². The second kappa shape index (κ2) is 6.15. The largest absolute Gasteiger partial charge is 0.387 e. The molecule has 0 spiro atoms. The molecule has 0 amide bonds. The summed E-state index contributed by atoms with van der Waals surface area (Å²) in [6.45, 7) is 6.43. The lowest BCUT2D eigenvalue weighted by Crippen LogP contribution is -2.04. The molecule has 0 saturated carbocycles. The Hall–Kier alpha value is -0.770. The van der Waals surface area contributed by atoms with Gasteiger partial charge in [-0.1, -0.05) is 17.7 Å². The van der Waals surface area contributed by atoms with Crippen LogP contribution < -0.4 is 0 Å². The van der Waals surface area contributed by atoms with Gasteiger partial charge in [0.05, 0.1) is 6.10 Å². The minimum Gasteiger partial charge on any atom is -0.387 e. The van der Waals surface area contributed by atoms with E-state index in [9.17, 15) is 5.11 Å². The zero-order valence-corrected chi connectivity index (χ0v) is 14.5. The van der Waals surface area contributed by atoms with Crippen LogP contribution in [-0.2, 0) is 18.6 Å². The van der Waals surface area contributed by atoms with Gasteiger partial charge in [-0.15, -0.1) is 11.3 Å². The van der Waals surface area contributed by atoms with Crippen molar-refractivity contribution in [2.45, 2.75) is 45.5 Å². The average Bonchev–Trinajstić information content (AvgIpc) is 2.86. The van der Waals surface area contributed by atoms with Crippen molar-refractivity contribution in [2.75, 3.05) is 5.75 Å². The smallest absolute Gasteiger partial charge is 0.0922 e. The van der Waals surface area contributed by atoms with Gasteiger partial charge in [0.15, 0.2) is 0 Å². The molecule has 3 rings (SSSR count). The number of aliphatic hydroxyl groups excluding tert-OH is 1. The van der Waals surface area contributed by atoms with Crippen molar-refractivity contribution >= 4 is 23.1 Å². The summed E-state index contributed by atoms with van der Waals surface area (Å²) in [7, 11) is 0. The Morgan fingerprint density at radius 3 is 2.52 bits per heavy atom. The van der Waals surface area contributed by atoms with E-state index in [0.29, 0.717) is 0 Å². The van der Waals surface area contributed by atoms with E-state index in [-0.39, 0.29) is 6.10 Å². The summed E-state index contributed by atoms with van der Waals surface area (Å²) in [5.74, 6) is 2.33. The summed E-state index contributed by atoms with van der Waals surface area (Å²) in [6.07, 6.45) is 1.52. The lowest BCUT2D eigenvalue weighted by Gasteiger charge is -2.14. The van der Waals surface area contributed by atoms with Gasteiger partial charge in [0.2, 0.25) is 0 Å². The van der Waals surface area contributed by atoms with Gasteiger partial charge in [0, 0.05) is 21.9 Å². The minimum atomic E-state index is -0.370. The summed E-state index contributed by atoms with van der Waals surface area (Å²) in [5.41, 5.74) is 6.63. The number of aryl methyl sites for hydroxylation is 4. The first-order valence-electron chi connectivity index (χ1n) is 7.48. The molecule has 0 bridgehead atoms. The molecular formula is C18H22OS2. The Labute approximate surface area is 135 Å². The topological polar surface area (TPSA) is 20.2 Å². The van der Waals surface area contributed by atoms with Crippen molar-refractivity contribution in [3.8, 4) is 0 Å². The summed E-state index contributed by atoms with van der Waals surface area (Å²) >= 11 is 3.81. The predicted molar refractivity (Wildman–Crippen MR) is 93.5 cm³/mol. The van der Waals surface area contributed by atoms with E-state index in [2.05, 4.69) is 39.0 Å². The first kappa shape index (κ1) is 15.1. The average molecular weight is 319 g/mol. The molecule has 21 heavy (non-hydrogen) atoms. The van der Waals surface area contributed by atoms with Crippen LogP contribution in [0, 0.1) is 20.8 Å². The van der Waals surface area contributed by atoms with E-state index in [4.69, 9.17) is 0 Å². The SMILES string of the molecule is Cc1cc(C)c(CC(O)c2cc3c(s2)CCSC3)c(C)c1. The first-order valence-corrected chi connectivity index (χ1v) is 9.45. The molecule has 1 N–H and O–H groups in total. The number of rotatable bonds is 3. The van der Waals surface area contributed by atoms with Gasteiger partial charge in [-0.2, -0.15) is 11.8 Å². The van der Waals surface area contributed by atoms with Crippen molar-refractivity contribution in [3.05, 3.63) is 55.8 Å². The van der Waals surface area contributed by atoms with Crippen molar-refractivity contribution < 1.29 is 5.11 Å². The highest BCUT2D eigenvalue weighted by Gasteiger charge is 2.19. The molecule has 0 saturated heterocycles. The molecule has 0 fully saturated rings. The molecule has 112 valence electrons. The second-order valence-electron chi connectivity index (χ2n) is 6.00. The Morgan fingerprint density at radius 2 is 1.86 bits per heavy atom. The molecule has 0 radical (unpaired) electrons. The maximum Gasteiger partial charge on any atom is 0.0922 e. The summed E-state index contributed by atoms with van der Waals surface area (Å²) in [4.78, 5) is 2.63. The molecule has 2 heterocycles. The normalized spacial score (nSPS) is 15.8. The van der Waals surface area contributed by atoms with Gasteiger partial charge in [0.25, 0.3) is 0 Å². The zero-order valence-electron chi connectivity index (χ0n) is 12.9. The fraction of sp³-hybridized carbons (Fsp3) is 0.444. The van der Waals surface area contributed by atoms with Gasteiger partial charge >= 0.3 is 0 Å².